The first-order valence-electron chi connectivity index (χ1n) is 6.82. The molecule has 0 bridgehead atoms. The minimum atomic E-state index is -0.510. The summed E-state index contributed by atoms with van der Waals surface area (Å²) in [6.07, 6.45) is 1.88. The third-order valence-electron chi connectivity index (χ3n) is 3.72. The van der Waals surface area contributed by atoms with Gasteiger partial charge in [-0.2, -0.15) is 0 Å². The molecule has 1 heterocycles. The maximum Gasteiger partial charge on any atom is 0.0837 e. The smallest absolute Gasteiger partial charge is 0.0837 e. The maximum absolute atomic E-state index is 10.6. The van der Waals surface area contributed by atoms with Crippen LogP contribution in [0.1, 0.15) is 22.8 Å². The molecule has 2 nitrogen and oxygen atoms in total. The van der Waals surface area contributed by atoms with Crippen molar-refractivity contribution in [3.05, 3.63) is 77.5 Å². The summed E-state index contributed by atoms with van der Waals surface area (Å²) in [5.74, 6) is 0. The molecular formula is C18H17NO. The highest BCUT2D eigenvalue weighted by Crippen LogP contribution is 2.26. The van der Waals surface area contributed by atoms with Crippen molar-refractivity contribution in [1.82, 2.24) is 4.98 Å². The zero-order valence-electron chi connectivity index (χ0n) is 11.5. The normalized spacial score (nSPS) is 12.5. The van der Waals surface area contributed by atoms with Crippen LogP contribution >= 0.6 is 0 Å². The van der Waals surface area contributed by atoms with Crippen LogP contribution in [0, 0.1) is 6.92 Å². The molecule has 1 atom stereocenters. The molecule has 1 unspecified atom stereocenters. The fourth-order valence-electron chi connectivity index (χ4n) is 2.57. The van der Waals surface area contributed by atoms with Crippen LogP contribution in [0.2, 0.25) is 0 Å². The highest BCUT2D eigenvalue weighted by molar-refractivity contribution is 5.82. The Balaban J connectivity index is 1.97. The number of hydrogen-bond acceptors (Lipinski definition) is 2. The first-order chi connectivity index (χ1) is 9.75. The van der Waals surface area contributed by atoms with Gasteiger partial charge in [0.05, 0.1) is 11.6 Å². The monoisotopic (exact) mass is 263 g/mol. The summed E-state index contributed by atoms with van der Waals surface area (Å²) in [6, 6.07) is 18.0. The highest BCUT2D eigenvalue weighted by atomic mass is 16.3. The van der Waals surface area contributed by atoms with Crippen molar-refractivity contribution < 1.29 is 5.11 Å². The highest BCUT2D eigenvalue weighted by Gasteiger charge is 2.13. The number of aromatic nitrogens is 1. The molecule has 0 amide bonds. The quantitative estimate of drug-likeness (QED) is 0.779. The van der Waals surface area contributed by atoms with Crippen molar-refractivity contribution >= 4 is 10.9 Å². The van der Waals surface area contributed by atoms with Crippen LogP contribution in [0.5, 0.6) is 0 Å². The molecule has 2 aromatic carbocycles. The molecule has 0 saturated carbocycles. The molecule has 3 rings (SSSR count). The summed E-state index contributed by atoms with van der Waals surface area (Å²) in [5.41, 5.74) is 4.26. The number of para-hydroxylation sites is 1. The molecule has 0 aliphatic carbocycles. The van der Waals surface area contributed by atoms with Gasteiger partial charge in [-0.1, -0.05) is 42.5 Å². The molecule has 0 aliphatic rings. The van der Waals surface area contributed by atoms with Crippen molar-refractivity contribution in [3.8, 4) is 0 Å². The zero-order valence-corrected chi connectivity index (χ0v) is 11.5. The number of aliphatic hydroxyl groups is 1. The van der Waals surface area contributed by atoms with Gasteiger partial charge in [0.15, 0.2) is 0 Å². The summed E-state index contributed by atoms with van der Waals surface area (Å²) >= 11 is 0. The zero-order chi connectivity index (χ0) is 13.9. The average molecular weight is 263 g/mol. The Morgan fingerprint density at radius 1 is 1.00 bits per heavy atom. The van der Waals surface area contributed by atoms with Gasteiger partial charge in [-0.15, -0.1) is 0 Å². The molecule has 100 valence electrons. The van der Waals surface area contributed by atoms with Gasteiger partial charge in [0.25, 0.3) is 0 Å². The summed E-state index contributed by atoms with van der Waals surface area (Å²) in [7, 11) is 0. The molecule has 0 saturated heterocycles. The number of aliphatic hydroxyl groups excluding tert-OH is 1. The number of pyridine rings is 1. The van der Waals surface area contributed by atoms with Crippen LogP contribution in [-0.2, 0) is 6.42 Å². The standard InChI is InChI=1S/C18H17NO/c1-13-6-2-3-7-14(13)12-18(20)16-10-11-19-17-9-5-4-8-15(16)17/h2-11,18,20H,12H2,1H3. The van der Waals surface area contributed by atoms with Crippen LogP contribution in [0.3, 0.4) is 0 Å². The molecule has 0 fully saturated rings. The fourth-order valence-corrected chi connectivity index (χ4v) is 2.57. The number of nitrogens with zero attached hydrogens (tertiary/aromatic N) is 1. The van der Waals surface area contributed by atoms with Gasteiger partial charge in [0, 0.05) is 18.0 Å². The molecule has 3 aromatic rings. The molecule has 1 aromatic heterocycles. The molecule has 0 radical (unpaired) electrons. The van der Waals surface area contributed by atoms with Crippen molar-refractivity contribution in [2.45, 2.75) is 19.4 Å². The Bertz CT molecular complexity index is 731. The lowest BCUT2D eigenvalue weighted by Gasteiger charge is -2.14. The van der Waals surface area contributed by atoms with Crippen molar-refractivity contribution in [1.29, 1.82) is 0 Å². The fraction of sp³-hybridized carbons (Fsp3) is 0.167. The van der Waals surface area contributed by atoms with E-state index in [4.69, 9.17) is 0 Å². The number of hydrogen-bond donors (Lipinski definition) is 1. The Hall–Kier alpha value is -2.19. The van der Waals surface area contributed by atoms with Gasteiger partial charge in [0.2, 0.25) is 0 Å². The van der Waals surface area contributed by atoms with Gasteiger partial charge in [-0.3, -0.25) is 4.98 Å². The second kappa shape index (κ2) is 5.43. The topological polar surface area (TPSA) is 33.1 Å². The molecule has 0 aliphatic heterocycles. The van der Waals surface area contributed by atoms with E-state index in [0.717, 1.165) is 16.5 Å². The number of benzene rings is 2. The average Bonchev–Trinajstić information content (AvgIpc) is 2.49. The third kappa shape index (κ3) is 2.43. The minimum Gasteiger partial charge on any atom is -0.388 e. The van der Waals surface area contributed by atoms with Crippen LogP contribution in [-0.4, -0.2) is 10.1 Å². The van der Waals surface area contributed by atoms with Gasteiger partial charge in [0.1, 0.15) is 0 Å². The molecule has 20 heavy (non-hydrogen) atoms. The lowest BCUT2D eigenvalue weighted by molar-refractivity contribution is 0.180. The summed E-state index contributed by atoms with van der Waals surface area (Å²) in [6.45, 7) is 2.08. The second-order valence-corrected chi connectivity index (χ2v) is 5.06. The predicted octanol–water partition coefficient (Wildman–Crippen LogP) is 3.82. The van der Waals surface area contributed by atoms with Gasteiger partial charge < -0.3 is 5.11 Å². The van der Waals surface area contributed by atoms with E-state index in [1.54, 1.807) is 6.20 Å². The first-order valence-corrected chi connectivity index (χ1v) is 6.82. The summed E-state index contributed by atoms with van der Waals surface area (Å²) in [5, 5.41) is 11.6. The van der Waals surface area contributed by atoms with Gasteiger partial charge in [-0.05, 0) is 35.7 Å². The van der Waals surface area contributed by atoms with Crippen molar-refractivity contribution in [2.75, 3.05) is 0 Å². The number of rotatable bonds is 3. The van der Waals surface area contributed by atoms with E-state index in [1.165, 1.54) is 11.1 Å². The summed E-state index contributed by atoms with van der Waals surface area (Å²) in [4.78, 5) is 4.34. The summed E-state index contributed by atoms with van der Waals surface area (Å²) < 4.78 is 0. The maximum atomic E-state index is 10.6. The van der Waals surface area contributed by atoms with Crippen molar-refractivity contribution in [3.63, 3.8) is 0 Å². The SMILES string of the molecule is Cc1ccccc1CC(O)c1ccnc2ccccc12. The molecular weight excluding hydrogens is 246 g/mol. The lowest BCUT2D eigenvalue weighted by Crippen LogP contribution is -2.04. The molecule has 1 N–H and O–H groups in total. The number of fused-ring (bicyclic) bond motifs is 1. The van der Waals surface area contributed by atoms with E-state index in [9.17, 15) is 5.11 Å². The first kappa shape index (κ1) is 12.8. The van der Waals surface area contributed by atoms with Crippen LogP contribution in [0.15, 0.2) is 60.8 Å². The van der Waals surface area contributed by atoms with E-state index in [-0.39, 0.29) is 0 Å². The van der Waals surface area contributed by atoms with E-state index in [0.29, 0.717) is 6.42 Å². The van der Waals surface area contributed by atoms with E-state index < -0.39 is 6.10 Å². The van der Waals surface area contributed by atoms with Gasteiger partial charge >= 0.3 is 0 Å². The molecule has 2 heteroatoms. The second-order valence-electron chi connectivity index (χ2n) is 5.06. The Morgan fingerprint density at radius 3 is 2.60 bits per heavy atom. The Labute approximate surface area is 118 Å². The van der Waals surface area contributed by atoms with Crippen LogP contribution in [0.25, 0.3) is 10.9 Å². The Morgan fingerprint density at radius 2 is 1.75 bits per heavy atom. The van der Waals surface area contributed by atoms with E-state index >= 15 is 0 Å². The Kier molecular flexibility index (Phi) is 3.48. The van der Waals surface area contributed by atoms with Crippen molar-refractivity contribution in [2.24, 2.45) is 0 Å². The van der Waals surface area contributed by atoms with E-state index in [1.807, 2.05) is 42.5 Å². The number of aryl methyl sites for hydroxylation is 1. The van der Waals surface area contributed by atoms with Gasteiger partial charge in [-0.25, -0.2) is 0 Å². The molecule has 0 spiro atoms. The third-order valence-corrected chi connectivity index (χ3v) is 3.72. The predicted molar refractivity (Wildman–Crippen MR) is 81.6 cm³/mol. The largest absolute Gasteiger partial charge is 0.388 e. The minimum absolute atomic E-state index is 0.510. The van der Waals surface area contributed by atoms with Crippen LogP contribution < -0.4 is 0 Å². The van der Waals surface area contributed by atoms with Crippen LogP contribution in [0.4, 0.5) is 0 Å². The van der Waals surface area contributed by atoms with E-state index in [2.05, 4.69) is 24.0 Å². The lowest BCUT2D eigenvalue weighted by atomic mass is 9.96.